The first kappa shape index (κ1) is 14.0. The van der Waals surface area contributed by atoms with Crippen LogP contribution < -0.4 is 0 Å². The summed E-state index contributed by atoms with van der Waals surface area (Å²) in [5, 5.41) is 20.3. The van der Waals surface area contributed by atoms with Crippen molar-refractivity contribution in [3.63, 3.8) is 0 Å². The van der Waals surface area contributed by atoms with Crippen molar-refractivity contribution in [1.29, 1.82) is 5.26 Å². The van der Waals surface area contributed by atoms with Crippen LogP contribution in [0.2, 0.25) is 5.02 Å². The van der Waals surface area contributed by atoms with Crippen molar-refractivity contribution in [2.45, 2.75) is 12.3 Å². The summed E-state index contributed by atoms with van der Waals surface area (Å²) < 4.78 is 0. The lowest BCUT2D eigenvalue weighted by atomic mass is 9.77. The van der Waals surface area contributed by atoms with Crippen LogP contribution in [0.4, 0.5) is 5.69 Å². The molecule has 0 aromatic heterocycles. The van der Waals surface area contributed by atoms with Crippen LogP contribution in [0.3, 0.4) is 0 Å². The number of nitrogens with zero attached hydrogens (tertiary/aromatic N) is 2. The van der Waals surface area contributed by atoms with E-state index in [1.54, 1.807) is 13.0 Å². The highest BCUT2D eigenvalue weighted by Crippen LogP contribution is 2.35. The monoisotopic (exact) mass is 286 g/mol. The van der Waals surface area contributed by atoms with Gasteiger partial charge in [0.05, 0.1) is 11.0 Å². The number of nitriles is 1. The summed E-state index contributed by atoms with van der Waals surface area (Å²) >= 11 is 5.92. The second-order valence-corrected chi connectivity index (χ2v) is 4.93. The van der Waals surface area contributed by atoms with Crippen LogP contribution in [0.1, 0.15) is 18.1 Å². The van der Waals surface area contributed by atoms with Gasteiger partial charge in [0, 0.05) is 6.07 Å². The molecular weight excluding hydrogens is 276 g/mol. The number of hydrogen-bond acceptors (Lipinski definition) is 3. The van der Waals surface area contributed by atoms with E-state index in [1.807, 2.05) is 30.3 Å². The van der Waals surface area contributed by atoms with Crippen molar-refractivity contribution in [3.8, 4) is 6.07 Å². The predicted octanol–water partition coefficient (Wildman–Crippen LogP) is 4.08. The molecule has 0 aliphatic carbocycles. The van der Waals surface area contributed by atoms with Gasteiger partial charge in [-0.1, -0.05) is 48.0 Å². The van der Waals surface area contributed by atoms with E-state index in [4.69, 9.17) is 11.6 Å². The minimum Gasteiger partial charge on any atom is -0.258 e. The molecular formula is C15H11ClN2O2. The molecule has 0 amide bonds. The lowest BCUT2D eigenvalue weighted by Gasteiger charge is -2.22. The molecule has 1 unspecified atom stereocenters. The van der Waals surface area contributed by atoms with Gasteiger partial charge in [0.2, 0.25) is 0 Å². The molecule has 0 spiro atoms. The second-order valence-electron chi connectivity index (χ2n) is 4.53. The number of rotatable bonds is 3. The zero-order chi connectivity index (χ0) is 14.8. The first-order valence-electron chi connectivity index (χ1n) is 5.90. The number of nitro groups is 1. The van der Waals surface area contributed by atoms with Crippen LogP contribution in [0.15, 0.2) is 48.5 Å². The molecule has 20 heavy (non-hydrogen) atoms. The normalized spacial score (nSPS) is 13.2. The fourth-order valence-corrected chi connectivity index (χ4v) is 2.28. The van der Waals surface area contributed by atoms with Gasteiger partial charge in [-0.25, -0.2) is 0 Å². The molecule has 2 aromatic rings. The first-order valence-corrected chi connectivity index (χ1v) is 6.28. The van der Waals surface area contributed by atoms with E-state index in [0.29, 0.717) is 5.56 Å². The molecule has 0 radical (unpaired) electrons. The molecule has 0 aliphatic rings. The number of nitro benzene ring substituents is 1. The Morgan fingerprint density at radius 1 is 1.20 bits per heavy atom. The smallest absolute Gasteiger partial charge is 0.258 e. The Balaban J connectivity index is 2.57. The van der Waals surface area contributed by atoms with Crippen LogP contribution in [0.25, 0.3) is 0 Å². The molecule has 0 saturated heterocycles. The topological polar surface area (TPSA) is 66.9 Å². The third-order valence-electron chi connectivity index (χ3n) is 3.30. The fourth-order valence-electron chi connectivity index (χ4n) is 2.03. The van der Waals surface area contributed by atoms with Gasteiger partial charge >= 0.3 is 0 Å². The summed E-state index contributed by atoms with van der Waals surface area (Å²) in [5.41, 5.74) is 0.373. The average molecular weight is 287 g/mol. The van der Waals surface area contributed by atoms with Gasteiger partial charge in [-0.2, -0.15) is 5.26 Å². The minimum absolute atomic E-state index is 0.0323. The van der Waals surface area contributed by atoms with E-state index in [0.717, 1.165) is 5.56 Å². The van der Waals surface area contributed by atoms with Crippen LogP contribution in [0.5, 0.6) is 0 Å². The van der Waals surface area contributed by atoms with Gasteiger partial charge in [0.1, 0.15) is 10.4 Å². The Hall–Kier alpha value is -2.38. The molecule has 2 rings (SSSR count). The van der Waals surface area contributed by atoms with Crippen molar-refractivity contribution in [3.05, 3.63) is 74.8 Å². The first-order chi connectivity index (χ1) is 9.49. The molecule has 100 valence electrons. The van der Waals surface area contributed by atoms with Crippen molar-refractivity contribution in [2.24, 2.45) is 0 Å². The maximum Gasteiger partial charge on any atom is 0.287 e. The summed E-state index contributed by atoms with van der Waals surface area (Å²) in [4.78, 5) is 10.2. The Morgan fingerprint density at radius 2 is 1.85 bits per heavy atom. The van der Waals surface area contributed by atoms with E-state index in [9.17, 15) is 15.4 Å². The van der Waals surface area contributed by atoms with Crippen LogP contribution in [0, 0.1) is 21.4 Å². The van der Waals surface area contributed by atoms with Gasteiger partial charge in [-0.3, -0.25) is 10.1 Å². The highest BCUT2D eigenvalue weighted by molar-refractivity contribution is 6.32. The van der Waals surface area contributed by atoms with Crippen LogP contribution >= 0.6 is 11.6 Å². The van der Waals surface area contributed by atoms with Gasteiger partial charge in [-0.05, 0) is 24.1 Å². The zero-order valence-corrected chi connectivity index (χ0v) is 11.5. The standard InChI is InChI=1S/C15H11ClN2O2/c1-15(10-17,11-5-3-2-4-6-11)12-7-8-14(18(19)20)13(16)9-12/h2-9H,1H3. The van der Waals surface area contributed by atoms with Crippen molar-refractivity contribution in [2.75, 3.05) is 0 Å². The third-order valence-corrected chi connectivity index (χ3v) is 3.60. The molecule has 5 heteroatoms. The maximum atomic E-state index is 10.8. The zero-order valence-electron chi connectivity index (χ0n) is 10.7. The predicted molar refractivity (Wildman–Crippen MR) is 76.6 cm³/mol. The molecule has 0 heterocycles. The lowest BCUT2D eigenvalue weighted by molar-refractivity contribution is -0.384. The molecule has 2 aromatic carbocycles. The second kappa shape index (κ2) is 5.32. The Bertz CT molecular complexity index is 695. The summed E-state index contributed by atoms with van der Waals surface area (Å²) in [6, 6.07) is 15.9. The molecule has 0 saturated carbocycles. The summed E-state index contributed by atoms with van der Waals surface area (Å²) in [5.74, 6) is 0. The Kier molecular flexibility index (Phi) is 3.73. The molecule has 0 aliphatic heterocycles. The van der Waals surface area contributed by atoms with Gasteiger partial charge in [-0.15, -0.1) is 0 Å². The van der Waals surface area contributed by atoms with Crippen LogP contribution in [-0.4, -0.2) is 4.92 Å². The van der Waals surface area contributed by atoms with Crippen LogP contribution in [-0.2, 0) is 5.41 Å². The van der Waals surface area contributed by atoms with E-state index in [-0.39, 0.29) is 10.7 Å². The van der Waals surface area contributed by atoms with Gasteiger partial charge in [0.15, 0.2) is 0 Å². The van der Waals surface area contributed by atoms with Crippen molar-refractivity contribution in [1.82, 2.24) is 0 Å². The number of halogens is 1. The molecule has 0 fully saturated rings. The Labute approximate surface area is 121 Å². The van der Waals surface area contributed by atoms with E-state index in [1.165, 1.54) is 12.1 Å². The van der Waals surface area contributed by atoms with E-state index < -0.39 is 10.3 Å². The summed E-state index contributed by atoms with van der Waals surface area (Å²) in [7, 11) is 0. The largest absolute Gasteiger partial charge is 0.287 e. The quantitative estimate of drug-likeness (QED) is 0.631. The molecule has 4 nitrogen and oxygen atoms in total. The van der Waals surface area contributed by atoms with Crippen molar-refractivity contribution < 1.29 is 4.92 Å². The van der Waals surface area contributed by atoms with Gasteiger partial charge < -0.3 is 0 Å². The SMILES string of the molecule is CC(C#N)(c1ccccc1)c1ccc([N+](=O)[O-])c(Cl)c1. The third kappa shape index (κ3) is 2.36. The molecule has 0 N–H and O–H groups in total. The van der Waals surface area contributed by atoms with Gasteiger partial charge in [0.25, 0.3) is 5.69 Å². The van der Waals surface area contributed by atoms with E-state index in [2.05, 4.69) is 6.07 Å². The van der Waals surface area contributed by atoms with E-state index >= 15 is 0 Å². The minimum atomic E-state index is -0.903. The molecule has 1 atom stereocenters. The highest BCUT2D eigenvalue weighted by Gasteiger charge is 2.30. The maximum absolute atomic E-state index is 10.8. The molecule has 0 bridgehead atoms. The number of benzene rings is 2. The lowest BCUT2D eigenvalue weighted by Crippen LogP contribution is -2.21. The fraction of sp³-hybridized carbons (Fsp3) is 0.133. The highest BCUT2D eigenvalue weighted by atomic mass is 35.5. The van der Waals surface area contributed by atoms with Crippen molar-refractivity contribution >= 4 is 17.3 Å². The number of hydrogen-bond donors (Lipinski definition) is 0. The Morgan fingerprint density at radius 3 is 2.35 bits per heavy atom. The summed E-state index contributed by atoms with van der Waals surface area (Å²) in [6.07, 6.45) is 0. The average Bonchev–Trinajstić information content (AvgIpc) is 2.46. The summed E-state index contributed by atoms with van der Waals surface area (Å²) in [6.45, 7) is 1.76.